The lowest BCUT2D eigenvalue weighted by atomic mass is 10.1. The zero-order valence-corrected chi connectivity index (χ0v) is 13.5. The third kappa shape index (κ3) is 2.74. The first-order chi connectivity index (χ1) is 11.7. The number of H-pyrrole nitrogens is 1. The van der Waals surface area contributed by atoms with Crippen molar-refractivity contribution in [2.75, 3.05) is 6.54 Å². The number of amides is 1. The van der Waals surface area contributed by atoms with Gasteiger partial charge in [-0.1, -0.05) is 17.7 Å². The number of hydrogen-bond donors (Lipinski definition) is 2. The molecule has 4 aromatic rings. The Kier molecular flexibility index (Phi) is 3.70. The topological polar surface area (TPSA) is 62.2 Å². The minimum absolute atomic E-state index is 0.170. The number of fused-ring (bicyclic) bond motifs is 2. The highest BCUT2D eigenvalue weighted by molar-refractivity contribution is 6.31. The number of aromatic amines is 1. The first-order valence-electron chi connectivity index (χ1n) is 7.69. The molecule has 0 aliphatic carbocycles. The molecule has 0 fully saturated rings. The van der Waals surface area contributed by atoms with Gasteiger partial charge >= 0.3 is 0 Å². The number of carbonyl (C=O) groups is 1. The van der Waals surface area contributed by atoms with Crippen molar-refractivity contribution < 1.29 is 4.79 Å². The van der Waals surface area contributed by atoms with E-state index in [-0.39, 0.29) is 5.91 Å². The minimum atomic E-state index is -0.170. The van der Waals surface area contributed by atoms with E-state index in [1.807, 2.05) is 48.8 Å². The smallest absolute Gasteiger partial charge is 0.271 e. The van der Waals surface area contributed by atoms with Crippen molar-refractivity contribution in [1.82, 2.24) is 19.9 Å². The number of halogens is 1. The summed E-state index contributed by atoms with van der Waals surface area (Å²) >= 11 is 6.06. The lowest BCUT2D eigenvalue weighted by Gasteiger charge is -2.03. The van der Waals surface area contributed by atoms with Crippen LogP contribution in [-0.4, -0.2) is 27.0 Å². The van der Waals surface area contributed by atoms with Crippen LogP contribution >= 0.6 is 11.6 Å². The highest BCUT2D eigenvalue weighted by Crippen LogP contribution is 2.22. The van der Waals surface area contributed by atoms with Gasteiger partial charge < -0.3 is 10.3 Å². The monoisotopic (exact) mass is 338 g/mol. The summed E-state index contributed by atoms with van der Waals surface area (Å²) in [5.41, 5.74) is 3.49. The zero-order chi connectivity index (χ0) is 16.5. The maximum atomic E-state index is 12.2. The van der Waals surface area contributed by atoms with Crippen LogP contribution in [0.4, 0.5) is 0 Å². The normalized spacial score (nSPS) is 11.2. The Labute approximate surface area is 143 Å². The van der Waals surface area contributed by atoms with Crippen LogP contribution in [0.3, 0.4) is 0 Å². The summed E-state index contributed by atoms with van der Waals surface area (Å²) in [6, 6.07) is 13.2. The van der Waals surface area contributed by atoms with Gasteiger partial charge in [-0.2, -0.15) is 5.10 Å². The Morgan fingerprint density at radius 2 is 2.17 bits per heavy atom. The van der Waals surface area contributed by atoms with Crippen LogP contribution in [0.1, 0.15) is 16.1 Å². The van der Waals surface area contributed by atoms with Gasteiger partial charge in [-0.05, 0) is 48.4 Å². The van der Waals surface area contributed by atoms with E-state index < -0.39 is 0 Å². The molecule has 5 nitrogen and oxygen atoms in total. The molecule has 0 atom stereocenters. The maximum Gasteiger partial charge on any atom is 0.271 e. The summed E-state index contributed by atoms with van der Waals surface area (Å²) in [6.07, 6.45) is 4.50. The summed E-state index contributed by atoms with van der Waals surface area (Å²) in [7, 11) is 0. The summed E-state index contributed by atoms with van der Waals surface area (Å²) in [5, 5.41) is 8.98. The summed E-state index contributed by atoms with van der Waals surface area (Å²) in [4.78, 5) is 15.5. The molecule has 0 aliphatic heterocycles. The predicted molar refractivity (Wildman–Crippen MR) is 94.5 cm³/mol. The van der Waals surface area contributed by atoms with Gasteiger partial charge in [-0.3, -0.25) is 4.79 Å². The van der Waals surface area contributed by atoms with Crippen molar-refractivity contribution in [3.8, 4) is 0 Å². The molecule has 1 aromatic carbocycles. The van der Waals surface area contributed by atoms with Crippen molar-refractivity contribution in [3.05, 3.63) is 71.1 Å². The molecule has 3 heterocycles. The van der Waals surface area contributed by atoms with Crippen LogP contribution < -0.4 is 5.32 Å². The van der Waals surface area contributed by atoms with Crippen LogP contribution in [0.5, 0.6) is 0 Å². The average molecular weight is 339 g/mol. The van der Waals surface area contributed by atoms with Gasteiger partial charge in [0, 0.05) is 34.9 Å². The zero-order valence-electron chi connectivity index (χ0n) is 12.8. The van der Waals surface area contributed by atoms with E-state index in [4.69, 9.17) is 11.6 Å². The molecule has 1 amide bonds. The van der Waals surface area contributed by atoms with Crippen molar-refractivity contribution in [1.29, 1.82) is 0 Å². The van der Waals surface area contributed by atoms with E-state index in [9.17, 15) is 4.79 Å². The van der Waals surface area contributed by atoms with E-state index in [2.05, 4.69) is 15.4 Å². The molecule has 24 heavy (non-hydrogen) atoms. The number of benzene rings is 1. The third-order valence-corrected chi connectivity index (χ3v) is 4.25. The van der Waals surface area contributed by atoms with E-state index in [1.54, 1.807) is 10.6 Å². The maximum absolute atomic E-state index is 12.2. The van der Waals surface area contributed by atoms with Crippen molar-refractivity contribution in [2.45, 2.75) is 6.42 Å². The van der Waals surface area contributed by atoms with Gasteiger partial charge in [0.1, 0.15) is 0 Å². The first-order valence-corrected chi connectivity index (χ1v) is 8.06. The minimum Gasteiger partial charge on any atom is -0.361 e. The Hall–Kier alpha value is -2.79. The molecular formula is C18H15ClN4O. The number of carbonyl (C=O) groups excluding carboxylic acids is 1. The lowest BCUT2D eigenvalue weighted by molar-refractivity contribution is 0.0949. The van der Waals surface area contributed by atoms with Crippen LogP contribution in [0.15, 0.2) is 54.9 Å². The number of nitrogens with one attached hydrogen (secondary N) is 2. The lowest BCUT2D eigenvalue weighted by Crippen LogP contribution is -2.26. The highest BCUT2D eigenvalue weighted by atomic mass is 35.5. The molecule has 0 bridgehead atoms. The molecule has 0 saturated carbocycles. The fourth-order valence-corrected chi connectivity index (χ4v) is 2.98. The molecule has 6 heteroatoms. The van der Waals surface area contributed by atoms with Crippen molar-refractivity contribution >= 4 is 33.9 Å². The second kappa shape index (κ2) is 6.02. The molecule has 0 spiro atoms. The molecule has 2 N–H and O–H groups in total. The standard InChI is InChI=1S/C18H15ClN4O/c19-13-4-5-16-15(9-13)12(11-21-16)6-7-20-18(24)17-10-14-3-1-2-8-23(14)22-17/h1-5,8-11,21H,6-7H2,(H,20,24). The van der Waals surface area contributed by atoms with Crippen molar-refractivity contribution in [2.24, 2.45) is 0 Å². The van der Waals surface area contributed by atoms with Crippen molar-refractivity contribution in [3.63, 3.8) is 0 Å². The number of aromatic nitrogens is 3. The van der Waals surface area contributed by atoms with E-state index in [0.717, 1.165) is 28.4 Å². The highest BCUT2D eigenvalue weighted by Gasteiger charge is 2.11. The molecular weight excluding hydrogens is 324 g/mol. The van der Waals surface area contributed by atoms with Crippen LogP contribution in [0, 0.1) is 0 Å². The van der Waals surface area contributed by atoms with Crippen LogP contribution in [-0.2, 0) is 6.42 Å². The van der Waals surface area contributed by atoms with Gasteiger partial charge in [-0.15, -0.1) is 0 Å². The number of hydrogen-bond acceptors (Lipinski definition) is 2. The molecule has 0 saturated heterocycles. The average Bonchev–Trinajstić information content (AvgIpc) is 3.18. The van der Waals surface area contributed by atoms with Gasteiger partial charge in [0.05, 0.1) is 5.52 Å². The third-order valence-electron chi connectivity index (χ3n) is 4.01. The molecule has 0 radical (unpaired) electrons. The second-order valence-electron chi connectivity index (χ2n) is 5.61. The largest absolute Gasteiger partial charge is 0.361 e. The number of rotatable bonds is 4. The summed E-state index contributed by atoms with van der Waals surface area (Å²) in [6.45, 7) is 0.534. The molecule has 120 valence electrons. The predicted octanol–water partition coefficient (Wildman–Crippen LogP) is 3.44. The van der Waals surface area contributed by atoms with Gasteiger partial charge in [-0.25, -0.2) is 4.52 Å². The van der Waals surface area contributed by atoms with E-state index in [0.29, 0.717) is 17.3 Å². The van der Waals surface area contributed by atoms with E-state index >= 15 is 0 Å². The molecule has 0 unspecified atom stereocenters. The fraction of sp³-hybridized carbons (Fsp3) is 0.111. The molecule has 3 aromatic heterocycles. The van der Waals surface area contributed by atoms with Crippen LogP contribution in [0.2, 0.25) is 5.02 Å². The SMILES string of the molecule is O=C(NCCc1c[nH]c2ccc(Cl)cc12)c1cc2ccccn2n1. The number of nitrogens with zero attached hydrogens (tertiary/aromatic N) is 2. The Bertz CT molecular complexity index is 1000. The van der Waals surface area contributed by atoms with E-state index in [1.165, 1.54) is 0 Å². The Morgan fingerprint density at radius 1 is 1.25 bits per heavy atom. The molecule has 4 rings (SSSR count). The summed E-state index contributed by atoms with van der Waals surface area (Å²) < 4.78 is 1.69. The number of pyridine rings is 1. The second-order valence-corrected chi connectivity index (χ2v) is 6.05. The molecule has 0 aliphatic rings. The van der Waals surface area contributed by atoms with Gasteiger partial charge in [0.15, 0.2) is 5.69 Å². The quantitative estimate of drug-likeness (QED) is 0.598. The van der Waals surface area contributed by atoms with Gasteiger partial charge in [0.2, 0.25) is 0 Å². The van der Waals surface area contributed by atoms with Crippen LogP contribution in [0.25, 0.3) is 16.4 Å². The Morgan fingerprint density at radius 3 is 3.04 bits per heavy atom. The fourth-order valence-electron chi connectivity index (χ4n) is 2.81. The Balaban J connectivity index is 1.44. The van der Waals surface area contributed by atoms with Gasteiger partial charge in [0.25, 0.3) is 5.91 Å². The first kappa shape index (κ1) is 14.8. The summed E-state index contributed by atoms with van der Waals surface area (Å²) in [5.74, 6) is -0.170.